The van der Waals surface area contributed by atoms with Crippen molar-refractivity contribution in [1.82, 2.24) is 5.32 Å². The first-order valence-electron chi connectivity index (χ1n) is 5.08. The van der Waals surface area contributed by atoms with Gasteiger partial charge >= 0.3 is 11.7 Å². The van der Waals surface area contributed by atoms with E-state index in [1.54, 1.807) is 0 Å². The molecule has 1 fully saturated rings. The zero-order chi connectivity index (χ0) is 13.3. The monoisotopic (exact) mass is 270 g/mol. The Kier molecular flexibility index (Phi) is 3.39. The number of carboxylic acid groups (broad SMARTS) is 1. The number of benzene rings is 1. The fraction of sp³-hybridized carbons (Fsp3) is 0.300. The van der Waals surface area contributed by atoms with Crippen LogP contribution >= 0.6 is 11.8 Å². The van der Waals surface area contributed by atoms with Crippen molar-refractivity contribution < 1.29 is 19.9 Å². The summed E-state index contributed by atoms with van der Waals surface area (Å²) in [5.74, 6) is -1.31. The zero-order valence-electron chi connectivity index (χ0n) is 9.07. The molecule has 96 valence electrons. The maximum Gasteiger partial charge on any atom is 0.318 e. The smallest absolute Gasteiger partial charge is 0.318 e. The van der Waals surface area contributed by atoms with Crippen molar-refractivity contribution in [3.63, 3.8) is 0 Å². The van der Waals surface area contributed by atoms with E-state index in [9.17, 15) is 20.0 Å². The maximum absolute atomic E-state index is 10.8. The number of phenolic OH excluding ortho intramolecular Hbond substituents is 1. The molecule has 1 heterocycles. The van der Waals surface area contributed by atoms with E-state index in [4.69, 9.17) is 5.11 Å². The fourth-order valence-corrected chi connectivity index (χ4v) is 2.80. The molecule has 0 amide bonds. The molecular weight excluding hydrogens is 260 g/mol. The molecule has 1 saturated heterocycles. The summed E-state index contributed by atoms with van der Waals surface area (Å²) in [7, 11) is 0. The predicted octanol–water partition coefficient (Wildman–Crippen LogP) is 1.09. The van der Waals surface area contributed by atoms with Gasteiger partial charge in [-0.05, 0) is 11.6 Å². The Morgan fingerprint density at radius 3 is 2.83 bits per heavy atom. The summed E-state index contributed by atoms with van der Waals surface area (Å²) in [6, 6.07) is 4.03. The van der Waals surface area contributed by atoms with Crippen molar-refractivity contribution in [3.05, 3.63) is 33.9 Å². The molecule has 0 spiro atoms. The highest BCUT2D eigenvalue weighted by Gasteiger charge is 2.31. The molecule has 18 heavy (non-hydrogen) atoms. The van der Waals surface area contributed by atoms with Crippen molar-refractivity contribution in [1.29, 1.82) is 0 Å². The minimum absolute atomic E-state index is 0.305. The van der Waals surface area contributed by atoms with Crippen LogP contribution in [0.4, 0.5) is 5.69 Å². The van der Waals surface area contributed by atoms with Gasteiger partial charge in [-0.25, -0.2) is 0 Å². The fourth-order valence-electron chi connectivity index (χ4n) is 1.67. The summed E-state index contributed by atoms with van der Waals surface area (Å²) >= 11 is 1.18. The third-order valence-electron chi connectivity index (χ3n) is 2.56. The van der Waals surface area contributed by atoms with Crippen LogP contribution in [0.1, 0.15) is 10.9 Å². The molecule has 1 aromatic rings. The van der Waals surface area contributed by atoms with E-state index in [0.29, 0.717) is 12.1 Å². The Labute approximate surface area is 106 Å². The van der Waals surface area contributed by atoms with Gasteiger partial charge in [-0.1, -0.05) is 6.07 Å². The first kappa shape index (κ1) is 12.7. The highest BCUT2D eigenvalue weighted by molar-refractivity contribution is 8.01. The number of aliphatic carboxylic acids is 1. The quantitative estimate of drug-likeness (QED) is 0.556. The van der Waals surface area contributed by atoms with E-state index in [2.05, 4.69) is 5.32 Å². The largest absolute Gasteiger partial charge is 0.502 e. The Morgan fingerprint density at radius 1 is 1.56 bits per heavy atom. The van der Waals surface area contributed by atoms with Crippen LogP contribution in [0.15, 0.2) is 18.2 Å². The third-order valence-corrected chi connectivity index (χ3v) is 3.97. The molecule has 0 radical (unpaired) electrons. The number of hydrogen-bond acceptors (Lipinski definition) is 6. The van der Waals surface area contributed by atoms with Gasteiger partial charge in [-0.2, -0.15) is 0 Å². The van der Waals surface area contributed by atoms with Gasteiger partial charge in [0.2, 0.25) is 0 Å². The Morgan fingerprint density at radius 2 is 2.28 bits per heavy atom. The van der Waals surface area contributed by atoms with Crippen molar-refractivity contribution in [2.75, 3.05) is 6.54 Å². The lowest BCUT2D eigenvalue weighted by Gasteiger charge is -2.10. The highest BCUT2D eigenvalue weighted by atomic mass is 32.2. The Hall–Kier alpha value is -1.80. The third kappa shape index (κ3) is 2.39. The summed E-state index contributed by atoms with van der Waals surface area (Å²) in [6.45, 7) is 0.305. The lowest BCUT2D eigenvalue weighted by Crippen LogP contribution is -2.21. The van der Waals surface area contributed by atoms with Gasteiger partial charge in [0.15, 0.2) is 5.75 Å². The molecule has 0 aliphatic carbocycles. The highest BCUT2D eigenvalue weighted by Crippen LogP contribution is 2.38. The van der Waals surface area contributed by atoms with Gasteiger partial charge < -0.3 is 10.2 Å². The van der Waals surface area contributed by atoms with Crippen LogP contribution in [0.2, 0.25) is 0 Å². The number of nitro benzene ring substituents is 1. The molecule has 2 rings (SSSR count). The average Bonchev–Trinajstić information content (AvgIpc) is 2.78. The molecule has 3 N–H and O–H groups in total. The van der Waals surface area contributed by atoms with E-state index < -0.39 is 21.9 Å². The number of thioether (sulfide) groups is 1. The van der Waals surface area contributed by atoms with Crippen LogP contribution in [0.5, 0.6) is 5.75 Å². The number of nitrogens with zero attached hydrogens (tertiary/aromatic N) is 1. The van der Waals surface area contributed by atoms with Crippen LogP contribution in [0, 0.1) is 10.1 Å². The van der Waals surface area contributed by atoms with E-state index in [-0.39, 0.29) is 11.1 Å². The van der Waals surface area contributed by atoms with Gasteiger partial charge in [0.1, 0.15) is 5.25 Å². The summed E-state index contributed by atoms with van der Waals surface area (Å²) in [4.78, 5) is 20.8. The van der Waals surface area contributed by atoms with Crippen molar-refractivity contribution in [2.24, 2.45) is 0 Å². The van der Waals surface area contributed by atoms with E-state index >= 15 is 0 Å². The topological polar surface area (TPSA) is 113 Å². The summed E-state index contributed by atoms with van der Waals surface area (Å²) < 4.78 is 0. The predicted molar refractivity (Wildman–Crippen MR) is 64.5 cm³/mol. The number of carbonyl (C=O) groups is 1. The number of hydrogen-bond donors (Lipinski definition) is 3. The number of rotatable bonds is 3. The van der Waals surface area contributed by atoms with Gasteiger partial charge in [0.05, 0.1) is 10.3 Å². The van der Waals surface area contributed by atoms with E-state index in [1.165, 1.54) is 30.0 Å². The molecular formula is C10H10N2O5S. The van der Waals surface area contributed by atoms with Crippen LogP contribution < -0.4 is 5.32 Å². The standard InChI is InChI=1S/C10H10N2O5S/c13-7-2-1-5(3-6(7)12(16)17)9-11-4-8(18-9)10(14)15/h1-3,8-9,11,13H,4H2,(H,14,15). The lowest BCUT2D eigenvalue weighted by molar-refractivity contribution is -0.385. The van der Waals surface area contributed by atoms with E-state index in [1.807, 2.05) is 0 Å². The van der Waals surface area contributed by atoms with Crippen LogP contribution in [-0.4, -0.2) is 32.9 Å². The first-order valence-corrected chi connectivity index (χ1v) is 6.02. The molecule has 0 aromatic heterocycles. The summed E-state index contributed by atoms with van der Waals surface area (Å²) in [6.07, 6.45) is 0. The molecule has 2 unspecified atom stereocenters. The molecule has 7 nitrogen and oxygen atoms in total. The number of phenols is 1. The number of aromatic hydroxyl groups is 1. The molecule has 0 bridgehead atoms. The van der Waals surface area contributed by atoms with Crippen molar-refractivity contribution in [3.8, 4) is 5.75 Å². The molecule has 2 atom stereocenters. The first-order chi connectivity index (χ1) is 8.49. The molecule has 0 saturated carbocycles. The summed E-state index contributed by atoms with van der Waals surface area (Å²) in [5, 5.41) is 31.0. The Balaban J connectivity index is 2.22. The second-order valence-corrected chi connectivity index (χ2v) is 5.07. The van der Waals surface area contributed by atoms with E-state index in [0.717, 1.165) is 0 Å². The molecule has 8 heteroatoms. The SMILES string of the molecule is O=C(O)C1CNC(c2ccc(O)c([N+](=O)[O-])c2)S1. The normalized spacial score (nSPS) is 22.9. The van der Waals surface area contributed by atoms with Gasteiger partial charge in [0.25, 0.3) is 0 Å². The second kappa shape index (κ2) is 4.83. The second-order valence-electron chi connectivity index (χ2n) is 3.76. The van der Waals surface area contributed by atoms with Gasteiger partial charge in [0, 0.05) is 12.6 Å². The number of nitrogens with one attached hydrogen (secondary N) is 1. The van der Waals surface area contributed by atoms with Crippen molar-refractivity contribution in [2.45, 2.75) is 10.6 Å². The minimum atomic E-state index is -0.914. The number of carboxylic acids is 1. The van der Waals surface area contributed by atoms with Gasteiger partial charge in [-0.15, -0.1) is 11.8 Å². The number of nitro groups is 1. The van der Waals surface area contributed by atoms with Crippen LogP contribution in [-0.2, 0) is 4.79 Å². The van der Waals surface area contributed by atoms with Crippen LogP contribution in [0.3, 0.4) is 0 Å². The van der Waals surface area contributed by atoms with Crippen LogP contribution in [0.25, 0.3) is 0 Å². The molecule has 1 aliphatic rings. The Bertz CT molecular complexity index is 507. The lowest BCUT2D eigenvalue weighted by atomic mass is 10.2. The molecule has 1 aromatic carbocycles. The van der Waals surface area contributed by atoms with Gasteiger partial charge in [-0.3, -0.25) is 20.2 Å². The van der Waals surface area contributed by atoms with Crippen molar-refractivity contribution >= 4 is 23.4 Å². The maximum atomic E-state index is 10.8. The summed E-state index contributed by atoms with van der Waals surface area (Å²) in [5.41, 5.74) is 0.196. The minimum Gasteiger partial charge on any atom is -0.502 e. The average molecular weight is 270 g/mol. The molecule has 1 aliphatic heterocycles. The zero-order valence-corrected chi connectivity index (χ0v) is 9.88.